The number of benzene rings is 3. The standard InChI is InChI=1S/C28H27ClN4O4/c1-18-5-3-6-19(13-18)16-30-26(34)12-10-23-28(35)31-27(33-32-23)21-9-11-24(25(15-21)36-2)37-17-20-7-4-8-22(29)14-20/h3-9,11,13-15H,10,12,16-17H2,1-2H3,(H,30,34)(H,31,33,35). The smallest absolute Gasteiger partial charge is 0.273 e. The lowest BCUT2D eigenvalue weighted by Crippen LogP contribution is -2.25. The molecule has 37 heavy (non-hydrogen) atoms. The summed E-state index contributed by atoms with van der Waals surface area (Å²) >= 11 is 6.03. The number of halogens is 1. The molecule has 3 aromatic carbocycles. The van der Waals surface area contributed by atoms with Gasteiger partial charge in [0.25, 0.3) is 5.56 Å². The highest BCUT2D eigenvalue weighted by molar-refractivity contribution is 6.30. The third-order valence-electron chi connectivity index (χ3n) is 5.65. The Labute approximate surface area is 219 Å². The molecule has 4 aromatic rings. The molecule has 8 nitrogen and oxygen atoms in total. The molecule has 9 heteroatoms. The average Bonchev–Trinajstić information content (AvgIpc) is 2.90. The van der Waals surface area contributed by atoms with E-state index in [0.29, 0.717) is 35.2 Å². The highest BCUT2D eigenvalue weighted by Crippen LogP contribution is 2.31. The van der Waals surface area contributed by atoms with Crippen molar-refractivity contribution in [1.29, 1.82) is 0 Å². The fourth-order valence-electron chi connectivity index (χ4n) is 3.72. The number of nitrogens with zero attached hydrogens (tertiary/aromatic N) is 2. The van der Waals surface area contributed by atoms with E-state index in [1.807, 2.05) is 49.4 Å². The molecule has 0 aliphatic heterocycles. The highest BCUT2D eigenvalue weighted by Gasteiger charge is 2.13. The molecule has 1 amide bonds. The molecule has 1 heterocycles. The van der Waals surface area contributed by atoms with Crippen LogP contribution in [0.15, 0.2) is 71.5 Å². The second kappa shape index (κ2) is 12.2. The molecule has 0 bridgehead atoms. The van der Waals surface area contributed by atoms with Gasteiger partial charge in [0, 0.05) is 30.0 Å². The zero-order chi connectivity index (χ0) is 26.2. The number of carbonyl (C=O) groups is 1. The van der Waals surface area contributed by atoms with Crippen LogP contribution in [0, 0.1) is 6.92 Å². The van der Waals surface area contributed by atoms with E-state index < -0.39 is 5.56 Å². The summed E-state index contributed by atoms with van der Waals surface area (Å²) in [6.45, 7) is 2.75. The predicted molar refractivity (Wildman–Crippen MR) is 142 cm³/mol. The van der Waals surface area contributed by atoms with Crippen LogP contribution in [0.5, 0.6) is 11.5 Å². The number of aryl methyl sites for hydroxylation is 2. The molecule has 0 atom stereocenters. The lowest BCUT2D eigenvalue weighted by molar-refractivity contribution is -0.121. The summed E-state index contributed by atoms with van der Waals surface area (Å²) in [7, 11) is 1.53. The lowest BCUT2D eigenvalue weighted by atomic mass is 10.1. The minimum atomic E-state index is -0.392. The van der Waals surface area contributed by atoms with Gasteiger partial charge in [0.2, 0.25) is 5.91 Å². The minimum absolute atomic E-state index is 0.134. The van der Waals surface area contributed by atoms with Crippen molar-refractivity contribution in [2.24, 2.45) is 0 Å². The molecular formula is C28H27ClN4O4. The number of nitrogens with one attached hydrogen (secondary N) is 2. The fourth-order valence-corrected chi connectivity index (χ4v) is 3.93. The summed E-state index contributed by atoms with van der Waals surface area (Å²) in [5.41, 5.74) is 3.49. The second-order valence-corrected chi connectivity index (χ2v) is 8.94. The van der Waals surface area contributed by atoms with Crippen molar-refractivity contribution in [3.63, 3.8) is 0 Å². The number of hydrogen-bond donors (Lipinski definition) is 2. The molecule has 190 valence electrons. The van der Waals surface area contributed by atoms with Crippen molar-refractivity contribution in [3.8, 4) is 22.9 Å². The Balaban J connectivity index is 1.37. The van der Waals surface area contributed by atoms with Gasteiger partial charge in [-0.15, -0.1) is 10.2 Å². The molecule has 0 radical (unpaired) electrons. The van der Waals surface area contributed by atoms with E-state index in [1.165, 1.54) is 7.11 Å². The number of rotatable bonds is 10. The Morgan fingerprint density at radius 1 is 1.00 bits per heavy atom. The van der Waals surface area contributed by atoms with Crippen LogP contribution in [0.25, 0.3) is 11.4 Å². The molecule has 0 fully saturated rings. The summed E-state index contributed by atoms with van der Waals surface area (Å²) in [5.74, 6) is 1.15. The van der Waals surface area contributed by atoms with Gasteiger partial charge >= 0.3 is 0 Å². The van der Waals surface area contributed by atoms with Gasteiger partial charge in [-0.05, 0) is 48.4 Å². The van der Waals surface area contributed by atoms with Gasteiger partial charge in [0.05, 0.1) is 7.11 Å². The Hall–Kier alpha value is -4.17. The monoisotopic (exact) mass is 518 g/mol. The van der Waals surface area contributed by atoms with Gasteiger partial charge in [-0.3, -0.25) is 9.59 Å². The van der Waals surface area contributed by atoms with Crippen LogP contribution in [0.4, 0.5) is 0 Å². The Bertz CT molecular complexity index is 1450. The third kappa shape index (κ3) is 7.17. The normalized spacial score (nSPS) is 10.7. The van der Waals surface area contributed by atoms with Gasteiger partial charge in [0.1, 0.15) is 12.3 Å². The van der Waals surface area contributed by atoms with Crippen LogP contribution in [-0.4, -0.2) is 28.2 Å². The number of aromatic nitrogens is 3. The summed E-state index contributed by atoms with van der Waals surface area (Å²) in [6.07, 6.45) is 0.317. The summed E-state index contributed by atoms with van der Waals surface area (Å²) in [4.78, 5) is 27.6. The predicted octanol–water partition coefficient (Wildman–Crippen LogP) is 4.63. The van der Waals surface area contributed by atoms with Gasteiger partial charge < -0.3 is 19.8 Å². The van der Waals surface area contributed by atoms with E-state index in [0.717, 1.165) is 16.7 Å². The lowest BCUT2D eigenvalue weighted by Gasteiger charge is -2.12. The maximum Gasteiger partial charge on any atom is 0.273 e. The number of carbonyl (C=O) groups excluding carboxylic acids is 1. The molecule has 0 unspecified atom stereocenters. The van der Waals surface area contributed by atoms with Gasteiger partial charge in [-0.25, -0.2) is 0 Å². The molecule has 0 aliphatic rings. The van der Waals surface area contributed by atoms with Crippen molar-refractivity contribution >= 4 is 17.5 Å². The number of ether oxygens (including phenoxy) is 2. The molecule has 1 aromatic heterocycles. The fraction of sp³-hybridized carbons (Fsp3) is 0.214. The Morgan fingerprint density at radius 3 is 2.57 bits per heavy atom. The van der Waals surface area contributed by atoms with E-state index in [9.17, 15) is 9.59 Å². The van der Waals surface area contributed by atoms with Crippen LogP contribution in [-0.2, 0) is 24.4 Å². The second-order valence-electron chi connectivity index (χ2n) is 8.50. The molecular weight excluding hydrogens is 492 g/mol. The molecule has 0 spiro atoms. The first kappa shape index (κ1) is 25.9. The number of H-pyrrole nitrogens is 1. The summed E-state index contributed by atoms with van der Waals surface area (Å²) in [5, 5.41) is 11.7. The van der Waals surface area contributed by atoms with Crippen molar-refractivity contribution in [3.05, 3.63) is 104 Å². The topological polar surface area (TPSA) is 106 Å². The maximum absolute atomic E-state index is 12.6. The van der Waals surface area contributed by atoms with Crippen LogP contribution in [0.1, 0.15) is 28.8 Å². The average molecular weight is 519 g/mol. The molecule has 0 aliphatic carbocycles. The van der Waals surface area contributed by atoms with Crippen molar-refractivity contribution in [2.45, 2.75) is 32.9 Å². The number of aromatic amines is 1. The molecule has 2 N–H and O–H groups in total. The van der Waals surface area contributed by atoms with Crippen LogP contribution in [0.3, 0.4) is 0 Å². The van der Waals surface area contributed by atoms with Crippen LogP contribution >= 0.6 is 11.6 Å². The molecule has 0 saturated heterocycles. The quantitative estimate of drug-likeness (QED) is 0.317. The van der Waals surface area contributed by atoms with Crippen LogP contribution in [0.2, 0.25) is 5.02 Å². The van der Waals surface area contributed by atoms with E-state index in [2.05, 4.69) is 20.5 Å². The Morgan fingerprint density at radius 2 is 1.81 bits per heavy atom. The van der Waals surface area contributed by atoms with Crippen molar-refractivity contribution in [1.82, 2.24) is 20.5 Å². The van der Waals surface area contributed by atoms with Gasteiger partial charge in [0.15, 0.2) is 17.3 Å². The summed E-state index contributed by atoms with van der Waals surface area (Å²) < 4.78 is 11.3. The Kier molecular flexibility index (Phi) is 8.53. The number of amides is 1. The van der Waals surface area contributed by atoms with E-state index in [1.54, 1.807) is 24.3 Å². The number of methoxy groups -OCH3 is 1. The summed E-state index contributed by atoms with van der Waals surface area (Å²) in [6, 6.07) is 20.5. The molecule has 4 rings (SSSR count). The number of hydrogen-bond acceptors (Lipinski definition) is 6. The van der Waals surface area contributed by atoms with E-state index in [-0.39, 0.29) is 30.3 Å². The third-order valence-corrected chi connectivity index (χ3v) is 5.88. The van der Waals surface area contributed by atoms with Gasteiger partial charge in [-0.2, -0.15) is 0 Å². The zero-order valence-electron chi connectivity index (χ0n) is 20.6. The first-order valence-electron chi connectivity index (χ1n) is 11.7. The first-order valence-corrected chi connectivity index (χ1v) is 12.1. The zero-order valence-corrected chi connectivity index (χ0v) is 21.3. The largest absolute Gasteiger partial charge is 0.493 e. The van der Waals surface area contributed by atoms with Crippen molar-refractivity contribution < 1.29 is 14.3 Å². The first-order chi connectivity index (χ1) is 17.9. The van der Waals surface area contributed by atoms with E-state index in [4.69, 9.17) is 21.1 Å². The molecule has 0 saturated carbocycles. The van der Waals surface area contributed by atoms with Gasteiger partial charge in [-0.1, -0.05) is 53.6 Å². The highest BCUT2D eigenvalue weighted by atomic mass is 35.5. The minimum Gasteiger partial charge on any atom is -0.493 e. The van der Waals surface area contributed by atoms with Crippen molar-refractivity contribution in [2.75, 3.05) is 7.11 Å². The maximum atomic E-state index is 12.6. The van der Waals surface area contributed by atoms with Crippen LogP contribution < -0.4 is 20.3 Å². The SMILES string of the molecule is COc1cc(-c2nnc(CCC(=O)NCc3cccc(C)c3)c(=O)[nH]2)ccc1OCc1cccc(Cl)c1. The van der Waals surface area contributed by atoms with E-state index >= 15 is 0 Å².